The Morgan fingerprint density at radius 1 is 1.33 bits per heavy atom. The summed E-state index contributed by atoms with van der Waals surface area (Å²) in [6.07, 6.45) is -0.680. The lowest BCUT2D eigenvalue weighted by Crippen LogP contribution is -2.09. The molecule has 0 saturated carbocycles. The summed E-state index contributed by atoms with van der Waals surface area (Å²) in [5, 5.41) is 0. The number of ether oxygens (including phenoxy) is 2. The Labute approximate surface area is 89.3 Å². The van der Waals surface area contributed by atoms with Crippen LogP contribution in [-0.4, -0.2) is 12.8 Å². The van der Waals surface area contributed by atoms with Crippen molar-refractivity contribution >= 4 is 11.7 Å². The molecule has 0 saturated heterocycles. The van der Waals surface area contributed by atoms with E-state index in [1.165, 1.54) is 0 Å². The molecule has 3 heteroatoms. The summed E-state index contributed by atoms with van der Waals surface area (Å²) in [5.41, 5.74) is 1.99. The molecule has 0 atom stereocenters. The van der Waals surface area contributed by atoms with E-state index in [0.717, 1.165) is 11.1 Å². The fourth-order valence-corrected chi connectivity index (χ4v) is 1.05. The third-order valence-electron chi connectivity index (χ3n) is 1.81. The molecule has 80 valence electrons. The highest BCUT2D eigenvalue weighted by Crippen LogP contribution is 2.17. The number of hydrogen-bond donors (Lipinski definition) is 0. The molecule has 0 aliphatic carbocycles. The lowest BCUT2D eigenvalue weighted by Gasteiger charge is -2.04. The molecular formula is C12H14O3. The summed E-state index contributed by atoms with van der Waals surface area (Å²) in [6.45, 7) is 7.77. The van der Waals surface area contributed by atoms with Gasteiger partial charge in [-0.05, 0) is 31.5 Å². The van der Waals surface area contributed by atoms with Gasteiger partial charge in [-0.3, -0.25) is 0 Å². The van der Waals surface area contributed by atoms with Crippen LogP contribution in [0.4, 0.5) is 4.79 Å². The fraction of sp³-hybridized carbons (Fsp3) is 0.250. The van der Waals surface area contributed by atoms with Crippen molar-refractivity contribution in [3.05, 3.63) is 36.4 Å². The number of rotatable bonds is 3. The van der Waals surface area contributed by atoms with Crippen molar-refractivity contribution in [3.8, 4) is 5.75 Å². The first-order chi connectivity index (χ1) is 7.13. The molecule has 0 radical (unpaired) electrons. The van der Waals surface area contributed by atoms with Crippen molar-refractivity contribution < 1.29 is 14.3 Å². The molecule has 1 aromatic carbocycles. The van der Waals surface area contributed by atoms with Gasteiger partial charge < -0.3 is 9.47 Å². The van der Waals surface area contributed by atoms with E-state index < -0.39 is 6.16 Å². The molecule has 0 N–H and O–H groups in total. The Bertz CT molecular complexity index is 352. The Kier molecular flexibility index (Phi) is 3.92. The molecule has 0 unspecified atom stereocenters. The second-order valence-electron chi connectivity index (χ2n) is 3.09. The molecule has 1 rings (SSSR count). The van der Waals surface area contributed by atoms with Gasteiger partial charge in [0.15, 0.2) is 0 Å². The zero-order valence-corrected chi connectivity index (χ0v) is 8.95. The predicted molar refractivity (Wildman–Crippen MR) is 58.8 cm³/mol. The van der Waals surface area contributed by atoms with Crippen LogP contribution in [0.1, 0.15) is 19.4 Å². The zero-order valence-electron chi connectivity index (χ0n) is 8.95. The maximum Gasteiger partial charge on any atom is 0.513 e. The highest BCUT2D eigenvalue weighted by atomic mass is 16.7. The Morgan fingerprint density at radius 3 is 2.40 bits per heavy atom. The Balaban J connectivity index is 2.64. The van der Waals surface area contributed by atoms with Gasteiger partial charge >= 0.3 is 6.16 Å². The van der Waals surface area contributed by atoms with Gasteiger partial charge in [0, 0.05) is 0 Å². The van der Waals surface area contributed by atoms with Crippen LogP contribution in [0.5, 0.6) is 5.75 Å². The van der Waals surface area contributed by atoms with E-state index in [2.05, 4.69) is 11.3 Å². The SMILES string of the molecule is C=C(C)c1ccc(OC(=O)OCC)cc1. The molecule has 0 amide bonds. The summed E-state index contributed by atoms with van der Waals surface area (Å²) < 4.78 is 9.54. The van der Waals surface area contributed by atoms with Crippen LogP contribution < -0.4 is 4.74 Å². The van der Waals surface area contributed by atoms with E-state index in [9.17, 15) is 4.79 Å². The summed E-state index contributed by atoms with van der Waals surface area (Å²) in [4.78, 5) is 11.0. The van der Waals surface area contributed by atoms with Crippen LogP contribution in [0.2, 0.25) is 0 Å². The molecular weight excluding hydrogens is 192 g/mol. The van der Waals surface area contributed by atoms with E-state index in [1.54, 1.807) is 19.1 Å². The van der Waals surface area contributed by atoms with Crippen LogP contribution >= 0.6 is 0 Å². The molecule has 0 aromatic heterocycles. The second-order valence-corrected chi connectivity index (χ2v) is 3.09. The molecule has 1 aromatic rings. The normalized spacial score (nSPS) is 9.47. The lowest BCUT2D eigenvalue weighted by atomic mass is 10.1. The third-order valence-corrected chi connectivity index (χ3v) is 1.81. The lowest BCUT2D eigenvalue weighted by molar-refractivity contribution is 0.104. The number of carbonyl (C=O) groups is 1. The zero-order chi connectivity index (χ0) is 11.3. The number of allylic oxidation sites excluding steroid dienone is 1. The van der Waals surface area contributed by atoms with Gasteiger partial charge in [0.05, 0.1) is 6.61 Å². The molecule has 0 aliphatic heterocycles. The Morgan fingerprint density at radius 2 is 1.93 bits per heavy atom. The monoisotopic (exact) mass is 206 g/mol. The molecule has 0 aliphatic rings. The van der Waals surface area contributed by atoms with Crippen LogP contribution in [0.15, 0.2) is 30.8 Å². The largest absolute Gasteiger partial charge is 0.513 e. The number of hydrogen-bond acceptors (Lipinski definition) is 3. The molecule has 15 heavy (non-hydrogen) atoms. The minimum Gasteiger partial charge on any atom is -0.434 e. The van der Waals surface area contributed by atoms with Gasteiger partial charge in [0.2, 0.25) is 0 Å². The van der Waals surface area contributed by atoms with E-state index in [1.807, 2.05) is 19.1 Å². The summed E-state index contributed by atoms with van der Waals surface area (Å²) >= 11 is 0. The number of benzene rings is 1. The van der Waals surface area contributed by atoms with Crippen LogP contribution in [0.25, 0.3) is 5.57 Å². The van der Waals surface area contributed by atoms with Crippen molar-refractivity contribution in [2.75, 3.05) is 6.61 Å². The smallest absolute Gasteiger partial charge is 0.434 e. The fourth-order valence-electron chi connectivity index (χ4n) is 1.05. The first-order valence-electron chi connectivity index (χ1n) is 4.74. The van der Waals surface area contributed by atoms with E-state index in [0.29, 0.717) is 12.4 Å². The topological polar surface area (TPSA) is 35.5 Å². The predicted octanol–water partition coefficient (Wildman–Crippen LogP) is 3.26. The van der Waals surface area contributed by atoms with Crippen molar-refractivity contribution in [3.63, 3.8) is 0 Å². The summed E-state index contributed by atoms with van der Waals surface area (Å²) in [7, 11) is 0. The number of carbonyl (C=O) groups excluding carboxylic acids is 1. The molecule has 3 nitrogen and oxygen atoms in total. The van der Waals surface area contributed by atoms with Gasteiger partial charge in [-0.1, -0.05) is 24.3 Å². The minimum atomic E-state index is -0.680. The van der Waals surface area contributed by atoms with Gasteiger partial charge in [-0.25, -0.2) is 4.79 Å². The third kappa shape index (κ3) is 3.46. The van der Waals surface area contributed by atoms with E-state index >= 15 is 0 Å². The van der Waals surface area contributed by atoms with Gasteiger partial charge in [0.25, 0.3) is 0 Å². The van der Waals surface area contributed by atoms with Crippen molar-refractivity contribution in [1.82, 2.24) is 0 Å². The standard InChI is InChI=1S/C12H14O3/c1-4-14-12(13)15-11-7-5-10(6-8-11)9(2)3/h5-8H,2,4H2,1,3H3. The quantitative estimate of drug-likeness (QED) is 0.562. The van der Waals surface area contributed by atoms with Crippen LogP contribution in [0.3, 0.4) is 0 Å². The van der Waals surface area contributed by atoms with E-state index in [-0.39, 0.29) is 0 Å². The van der Waals surface area contributed by atoms with Crippen LogP contribution in [0, 0.1) is 0 Å². The highest BCUT2D eigenvalue weighted by Gasteiger charge is 2.04. The minimum absolute atomic E-state index is 0.308. The summed E-state index contributed by atoms with van der Waals surface area (Å²) in [5.74, 6) is 0.471. The van der Waals surface area contributed by atoms with Gasteiger partial charge in [0.1, 0.15) is 5.75 Å². The van der Waals surface area contributed by atoms with Gasteiger partial charge in [-0.15, -0.1) is 0 Å². The second kappa shape index (κ2) is 5.20. The average Bonchev–Trinajstić information content (AvgIpc) is 2.18. The molecule has 0 heterocycles. The Hall–Kier alpha value is -1.77. The maximum atomic E-state index is 11.0. The van der Waals surface area contributed by atoms with Crippen molar-refractivity contribution in [2.45, 2.75) is 13.8 Å². The summed E-state index contributed by atoms with van der Waals surface area (Å²) in [6, 6.07) is 7.11. The van der Waals surface area contributed by atoms with E-state index in [4.69, 9.17) is 4.74 Å². The molecule has 0 spiro atoms. The van der Waals surface area contributed by atoms with Crippen LogP contribution in [-0.2, 0) is 4.74 Å². The first kappa shape index (κ1) is 11.3. The average molecular weight is 206 g/mol. The first-order valence-corrected chi connectivity index (χ1v) is 4.74. The van der Waals surface area contributed by atoms with Gasteiger partial charge in [-0.2, -0.15) is 0 Å². The molecule has 0 bridgehead atoms. The van der Waals surface area contributed by atoms with Crippen molar-refractivity contribution in [1.29, 1.82) is 0 Å². The highest BCUT2D eigenvalue weighted by molar-refractivity contribution is 5.65. The maximum absolute atomic E-state index is 11.0. The van der Waals surface area contributed by atoms with Crippen molar-refractivity contribution in [2.24, 2.45) is 0 Å². The molecule has 0 fully saturated rings.